The molecule has 0 saturated heterocycles. The highest BCUT2D eigenvalue weighted by Crippen LogP contribution is 2.20. The average Bonchev–Trinajstić information content (AvgIpc) is 2.64. The maximum Gasteiger partial charge on any atom is 0.242 e. The van der Waals surface area contributed by atoms with Crippen molar-refractivity contribution in [1.82, 2.24) is 10.2 Å². The van der Waals surface area contributed by atoms with Crippen LogP contribution in [0.2, 0.25) is 5.02 Å². The van der Waals surface area contributed by atoms with Gasteiger partial charge in [-0.2, -0.15) is 0 Å². The van der Waals surface area contributed by atoms with E-state index in [9.17, 15) is 9.59 Å². The second-order valence-corrected chi connectivity index (χ2v) is 6.50. The number of hydrogen-bond donors (Lipinski definition) is 1. The van der Waals surface area contributed by atoms with E-state index in [2.05, 4.69) is 5.32 Å². The molecule has 0 aliphatic rings. The van der Waals surface area contributed by atoms with Gasteiger partial charge in [0.1, 0.15) is 6.04 Å². The Kier molecular flexibility index (Phi) is 7.67. The molecule has 0 aliphatic heterocycles. The normalized spacial score (nSPS) is 11.7. The first-order valence-electron chi connectivity index (χ1n) is 8.91. The van der Waals surface area contributed by atoms with Crippen LogP contribution in [-0.4, -0.2) is 29.3 Å². The van der Waals surface area contributed by atoms with Crippen LogP contribution in [-0.2, 0) is 22.6 Å². The molecule has 0 saturated carbocycles. The number of rotatable bonds is 8. The fourth-order valence-electron chi connectivity index (χ4n) is 2.89. The Bertz CT molecular complexity index is 734. The smallest absolute Gasteiger partial charge is 0.242 e. The van der Waals surface area contributed by atoms with Crippen molar-refractivity contribution in [2.24, 2.45) is 0 Å². The number of nitrogens with zero attached hydrogens (tertiary/aromatic N) is 1. The first kappa shape index (κ1) is 20.0. The third-order valence-corrected chi connectivity index (χ3v) is 4.60. The average molecular weight is 373 g/mol. The summed E-state index contributed by atoms with van der Waals surface area (Å²) in [5.41, 5.74) is 1.76. The molecule has 0 heterocycles. The van der Waals surface area contributed by atoms with E-state index < -0.39 is 6.04 Å². The van der Waals surface area contributed by atoms with Crippen molar-refractivity contribution in [3.8, 4) is 0 Å². The number of nitrogens with one attached hydrogen (secondary N) is 1. The zero-order valence-corrected chi connectivity index (χ0v) is 16.0. The number of amides is 2. The van der Waals surface area contributed by atoms with Crippen LogP contribution >= 0.6 is 11.6 Å². The lowest BCUT2D eigenvalue weighted by Gasteiger charge is -2.31. The monoisotopic (exact) mass is 372 g/mol. The second kappa shape index (κ2) is 9.97. The van der Waals surface area contributed by atoms with Crippen molar-refractivity contribution in [1.29, 1.82) is 0 Å². The van der Waals surface area contributed by atoms with Gasteiger partial charge < -0.3 is 10.2 Å². The number of benzene rings is 2. The van der Waals surface area contributed by atoms with Gasteiger partial charge in [0.05, 0.1) is 6.42 Å². The zero-order valence-electron chi connectivity index (χ0n) is 15.2. The molecule has 26 heavy (non-hydrogen) atoms. The Morgan fingerprint density at radius 3 is 2.31 bits per heavy atom. The summed E-state index contributed by atoms with van der Waals surface area (Å²) < 4.78 is 0. The third-order valence-electron chi connectivity index (χ3n) is 4.23. The maximum absolute atomic E-state index is 13.0. The van der Waals surface area contributed by atoms with Crippen molar-refractivity contribution in [2.45, 2.75) is 39.3 Å². The molecule has 2 rings (SSSR count). The Morgan fingerprint density at radius 1 is 1.04 bits per heavy atom. The molecule has 0 spiro atoms. The van der Waals surface area contributed by atoms with E-state index in [1.54, 1.807) is 11.0 Å². The summed E-state index contributed by atoms with van der Waals surface area (Å²) in [6.45, 7) is 4.62. The number of hydrogen-bond acceptors (Lipinski definition) is 2. The number of likely N-dealkylation sites (N-methyl/N-ethyl adjacent to an activating group) is 1. The molecule has 0 fully saturated rings. The van der Waals surface area contributed by atoms with Crippen LogP contribution in [0.15, 0.2) is 54.6 Å². The summed E-state index contributed by atoms with van der Waals surface area (Å²) in [4.78, 5) is 27.2. The Morgan fingerprint density at radius 2 is 1.69 bits per heavy atom. The zero-order chi connectivity index (χ0) is 18.9. The van der Waals surface area contributed by atoms with Crippen molar-refractivity contribution in [2.75, 3.05) is 6.54 Å². The van der Waals surface area contributed by atoms with Crippen molar-refractivity contribution >= 4 is 23.4 Å². The molecule has 5 heteroatoms. The Hall–Kier alpha value is -2.33. The minimum Gasteiger partial charge on any atom is -0.355 e. The van der Waals surface area contributed by atoms with E-state index in [1.165, 1.54) is 0 Å². The lowest BCUT2D eigenvalue weighted by molar-refractivity contribution is -0.140. The first-order valence-corrected chi connectivity index (χ1v) is 9.29. The van der Waals surface area contributed by atoms with Gasteiger partial charge >= 0.3 is 0 Å². The molecule has 0 unspecified atom stereocenters. The summed E-state index contributed by atoms with van der Waals surface area (Å²) in [5, 5.41) is 3.42. The molecule has 4 nitrogen and oxygen atoms in total. The quantitative estimate of drug-likeness (QED) is 0.765. The summed E-state index contributed by atoms with van der Waals surface area (Å²) in [5.74, 6) is -0.224. The lowest BCUT2D eigenvalue weighted by atomic mass is 10.1. The van der Waals surface area contributed by atoms with Crippen LogP contribution in [0.1, 0.15) is 31.4 Å². The van der Waals surface area contributed by atoms with E-state index in [1.807, 2.05) is 62.4 Å². The number of halogens is 1. The summed E-state index contributed by atoms with van der Waals surface area (Å²) in [6.07, 6.45) is 0.790. The highest BCUT2D eigenvalue weighted by molar-refractivity contribution is 6.31. The predicted molar refractivity (Wildman–Crippen MR) is 105 cm³/mol. The van der Waals surface area contributed by atoms with E-state index in [0.717, 1.165) is 11.1 Å². The summed E-state index contributed by atoms with van der Waals surface area (Å²) >= 11 is 6.28. The predicted octanol–water partition coefficient (Wildman–Crippen LogP) is 3.83. The summed E-state index contributed by atoms with van der Waals surface area (Å²) in [7, 11) is 0. The van der Waals surface area contributed by atoms with Gasteiger partial charge in [0.15, 0.2) is 0 Å². The van der Waals surface area contributed by atoms with E-state index in [0.29, 0.717) is 24.5 Å². The third kappa shape index (κ3) is 5.33. The van der Waals surface area contributed by atoms with E-state index in [-0.39, 0.29) is 18.2 Å². The lowest BCUT2D eigenvalue weighted by Crippen LogP contribution is -2.49. The van der Waals surface area contributed by atoms with Gasteiger partial charge in [-0.25, -0.2) is 0 Å². The molecular weight excluding hydrogens is 348 g/mol. The van der Waals surface area contributed by atoms with Crippen LogP contribution in [0.5, 0.6) is 0 Å². The highest BCUT2D eigenvalue weighted by Gasteiger charge is 2.28. The largest absolute Gasteiger partial charge is 0.355 e. The Labute approximate surface area is 160 Å². The molecule has 2 amide bonds. The van der Waals surface area contributed by atoms with Crippen molar-refractivity contribution in [3.63, 3.8) is 0 Å². The van der Waals surface area contributed by atoms with Gasteiger partial charge in [0.2, 0.25) is 11.8 Å². The van der Waals surface area contributed by atoms with Gasteiger partial charge in [-0.3, -0.25) is 9.59 Å². The van der Waals surface area contributed by atoms with Gasteiger partial charge in [-0.05, 0) is 30.5 Å². The molecule has 2 aromatic rings. The first-order chi connectivity index (χ1) is 12.6. The molecule has 0 aliphatic carbocycles. The van der Waals surface area contributed by atoms with E-state index in [4.69, 9.17) is 11.6 Å². The van der Waals surface area contributed by atoms with Crippen LogP contribution < -0.4 is 5.32 Å². The standard InChI is InChI=1S/C21H25ClN2O2/c1-3-19(21(26)23-4-2)24(15-17-12-8-9-13-18(17)22)20(25)14-16-10-6-5-7-11-16/h5-13,19H,3-4,14-15H2,1-2H3,(H,23,26)/t19-/m0/s1. The molecule has 0 radical (unpaired) electrons. The minimum absolute atomic E-state index is 0.0887. The molecule has 1 N–H and O–H groups in total. The maximum atomic E-state index is 13.0. The molecule has 0 aromatic heterocycles. The minimum atomic E-state index is -0.526. The topological polar surface area (TPSA) is 49.4 Å². The second-order valence-electron chi connectivity index (χ2n) is 6.09. The van der Waals surface area contributed by atoms with Crippen molar-refractivity contribution < 1.29 is 9.59 Å². The molecule has 1 atom stereocenters. The number of carbonyl (C=O) groups is 2. The van der Waals surface area contributed by atoms with Gasteiger partial charge in [-0.15, -0.1) is 0 Å². The van der Waals surface area contributed by atoms with Crippen LogP contribution in [0, 0.1) is 0 Å². The van der Waals surface area contributed by atoms with Crippen molar-refractivity contribution in [3.05, 3.63) is 70.7 Å². The molecule has 2 aromatic carbocycles. The van der Waals surface area contributed by atoms with Gasteiger partial charge in [-0.1, -0.05) is 67.1 Å². The number of carbonyl (C=O) groups excluding carboxylic acids is 2. The Balaban J connectivity index is 2.28. The SMILES string of the molecule is CCNC(=O)[C@H](CC)N(Cc1ccccc1Cl)C(=O)Cc1ccccc1. The summed E-state index contributed by atoms with van der Waals surface area (Å²) in [6, 6.07) is 16.4. The molecule has 138 valence electrons. The van der Waals surface area contributed by atoms with E-state index >= 15 is 0 Å². The van der Waals surface area contributed by atoms with Gasteiger partial charge in [0.25, 0.3) is 0 Å². The van der Waals surface area contributed by atoms with Gasteiger partial charge in [0, 0.05) is 18.1 Å². The molecular formula is C21H25ClN2O2. The fourth-order valence-corrected chi connectivity index (χ4v) is 3.09. The highest BCUT2D eigenvalue weighted by atomic mass is 35.5. The van der Waals surface area contributed by atoms with Crippen LogP contribution in [0.4, 0.5) is 0 Å². The molecule has 0 bridgehead atoms. The fraction of sp³-hybridized carbons (Fsp3) is 0.333. The van der Waals surface area contributed by atoms with Crippen LogP contribution in [0.25, 0.3) is 0 Å². The van der Waals surface area contributed by atoms with Crippen LogP contribution in [0.3, 0.4) is 0 Å².